The quantitative estimate of drug-likeness (QED) is 0.201. The maximum Gasteiger partial charge on any atom is 0.0944 e. The van der Waals surface area contributed by atoms with Crippen LogP contribution in [-0.4, -0.2) is 4.98 Å². The van der Waals surface area contributed by atoms with Crippen LogP contribution in [0.1, 0.15) is 34.7 Å². The van der Waals surface area contributed by atoms with Crippen LogP contribution >= 0.6 is 0 Å². The summed E-state index contributed by atoms with van der Waals surface area (Å²) in [6.45, 7) is 2.01. The third-order valence-corrected chi connectivity index (χ3v) is 10.5. The molecule has 220 valence electrons. The zero-order chi connectivity index (χ0) is 31.3. The number of benzene rings is 7. The van der Waals surface area contributed by atoms with Crippen molar-refractivity contribution in [1.82, 2.24) is 4.98 Å². The summed E-state index contributed by atoms with van der Waals surface area (Å²) < 4.78 is 0. The van der Waals surface area contributed by atoms with Crippen LogP contribution in [0, 0.1) is 0 Å². The molecule has 2 nitrogen and oxygen atoms in total. The Balaban J connectivity index is 1.28. The van der Waals surface area contributed by atoms with Crippen LogP contribution in [-0.2, 0) is 5.41 Å². The van der Waals surface area contributed by atoms with Crippen LogP contribution in [0.15, 0.2) is 146 Å². The first-order chi connectivity index (χ1) is 23.2. The number of nitrogen functional groups attached to an aromatic ring is 1. The standard InChI is InChI=1S/C45H30N2/c1-2-9-28-16-17-29-21-25-40(47-44(29)43(28)46)31-20-22-33-30(26-31)19-24-37-36-23-18-27-10-3-4-11-32(27)41(36)45(42(33)37)38-14-7-5-12-34(38)35-13-6-8-15-39(35)45/h2-26H,46H2,1H3/b9-2-. The number of allylic oxidation sites excluding steroid dienone is 1. The van der Waals surface area contributed by atoms with Crippen molar-refractivity contribution >= 4 is 44.2 Å². The zero-order valence-electron chi connectivity index (χ0n) is 26.0. The van der Waals surface area contributed by atoms with Crippen LogP contribution in [0.5, 0.6) is 0 Å². The number of hydrogen-bond donors (Lipinski definition) is 1. The van der Waals surface area contributed by atoms with E-state index in [9.17, 15) is 0 Å². The van der Waals surface area contributed by atoms with Crippen molar-refractivity contribution in [2.75, 3.05) is 5.73 Å². The van der Waals surface area contributed by atoms with Gasteiger partial charge in [-0.25, -0.2) is 4.98 Å². The molecule has 0 fully saturated rings. The van der Waals surface area contributed by atoms with Gasteiger partial charge in [0.05, 0.1) is 22.3 Å². The predicted molar refractivity (Wildman–Crippen MR) is 198 cm³/mol. The molecule has 0 unspecified atom stereocenters. The lowest BCUT2D eigenvalue weighted by Gasteiger charge is -2.32. The molecule has 0 amide bonds. The smallest absolute Gasteiger partial charge is 0.0944 e. The van der Waals surface area contributed by atoms with Gasteiger partial charge in [0.15, 0.2) is 0 Å². The highest BCUT2D eigenvalue weighted by Crippen LogP contribution is 2.65. The molecule has 0 saturated carbocycles. The molecule has 0 aliphatic heterocycles. The molecule has 47 heavy (non-hydrogen) atoms. The van der Waals surface area contributed by atoms with Crippen molar-refractivity contribution in [1.29, 1.82) is 0 Å². The van der Waals surface area contributed by atoms with Gasteiger partial charge >= 0.3 is 0 Å². The van der Waals surface area contributed by atoms with Gasteiger partial charge < -0.3 is 5.73 Å². The van der Waals surface area contributed by atoms with Gasteiger partial charge in [0.25, 0.3) is 0 Å². The molecule has 0 atom stereocenters. The van der Waals surface area contributed by atoms with E-state index in [1.165, 1.54) is 66.1 Å². The van der Waals surface area contributed by atoms with E-state index in [1.807, 2.05) is 19.1 Å². The van der Waals surface area contributed by atoms with Crippen LogP contribution in [0.2, 0.25) is 0 Å². The van der Waals surface area contributed by atoms with Gasteiger partial charge in [0.2, 0.25) is 0 Å². The van der Waals surface area contributed by atoms with E-state index in [0.717, 1.165) is 27.7 Å². The second-order valence-electron chi connectivity index (χ2n) is 12.8. The maximum absolute atomic E-state index is 6.62. The summed E-state index contributed by atoms with van der Waals surface area (Å²) in [4.78, 5) is 5.11. The Kier molecular flexibility index (Phi) is 5.31. The lowest BCUT2D eigenvalue weighted by molar-refractivity contribution is 0.809. The van der Waals surface area contributed by atoms with E-state index in [0.29, 0.717) is 5.69 Å². The van der Waals surface area contributed by atoms with Crippen molar-refractivity contribution in [2.24, 2.45) is 0 Å². The maximum atomic E-state index is 6.62. The summed E-state index contributed by atoms with van der Waals surface area (Å²) in [6.07, 6.45) is 4.05. The Morgan fingerprint density at radius 2 is 1.17 bits per heavy atom. The number of hydrogen-bond acceptors (Lipinski definition) is 2. The van der Waals surface area contributed by atoms with Gasteiger partial charge in [-0.3, -0.25) is 0 Å². The van der Waals surface area contributed by atoms with Crippen LogP contribution in [0.3, 0.4) is 0 Å². The number of nitrogens with zero attached hydrogens (tertiary/aromatic N) is 1. The molecule has 0 saturated heterocycles. The molecular formula is C45H30N2. The molecule has 0 bridgehead atoms. The molecule has 2 aliphatic rings. The molecule has 2 N–H and O–H groups in total. The van der Waals surface area contributed by atoms with Crippen molar-refractivity contribution in [2.45, 2.75) is 12.3 Å². The minimum atomic E-state index is -0.432. The second-order valence-corrected chi connectivity index (χ2v) is 12.8. The van der Waals surface area contributed by atoms with E-state index in [2.05, 4.69) is 140 Å². The summed E-state index contributed by atoms with van der Waals surface area (Å²) in [6, 6.07) is 51.5. The number of aromatic nitrogens is 1. The largest absolute Gasteiger partial charge is 0.396 e. The van der Waals surface area contributed by atoms with Gasteiger partial charge in [0, 0.05) is 10.9 Å². The number of anilines is 1. The molecule has 1 spiro atoms. The molecular weight excluding hydrogens is 569 g/mol. The van der Waals surface area contributed by atoms with Crippen LogP contribution in [0.4, 0.5) is 5.69 Å². The van der Waals surface area contributed by atoms with Gasteiger partial charge in [-0.2, -0.15) is 0 Å². The second kappa shape index (κ2) is 9.51. The lowest BCUT2D eigenvalue weighted by Crippen LogP contribution is -2.26. The Bertz CT molecular complexity index is 2610. The molecule has 2 heteroatoms. The lowest BCUT2D eigenvalue weighted by atomic mass is 9.68. The van der Waals surface area contributed by atoms with E-state index in [-0.39, 0.29) is 0 Å². The average Bonchev–Trinajstić information content (AvgIpc) is 3.60. The Labute approximate surface area is 273 Å². The van der Waals surface area contributed by atoms with Gasteiger partial charge in [-0.15, -0.1) is 0 Å². The van der Waals surface area contributed by atoms with E-state index < -0.39 is 5.41 Å². The Morgan fingerprint density at radius 3 is 1.91 bits per heavy atom. The molecule has 2 aliphatic carbocycles. The molecule has 1 aromatic heterocycles. The van der Waals surface area contributed by atoms with E-state index >= 15 is 0 Å². The fraction of sp³-hybridized carbons (Fsp3) is 0.0444. The predicted octanol–water partition coefficient (Wildman–Crippen LogP) is 11.2. The first-order valence-corrected chi connectivity index (χ1v) is 16.3. The molecule has 8 aromatic rings. The summed E-state index contributed by atoms with van der Waals surface area (Å²) in [5, 5.41) is 6.10. The third kappa shape index (κ3) is 3.37. The van der Waals surface area contributed by atoms with Gasteiger partial charge in [-0.05, 0) is 90.7 Å². The minimum absolute atomic E-state index is 0.432. The average molecular weight is 599 g/mol. The highest BCUT2D eigenvalue weighted by atomic mass is 14.7. The van der Waals surface area contributed by atoms with E-state index in [1.54, 1.807) is 0 Å². The molecule has 10 rings (SSSR count). The highest BCUT2D eigenvalue weighted by Gasteiger charge is 2.53. The fourth-order valence-electron chi connectivity index (χ4n) is 8.63. The van der Waals surface area contributed by atoms with Gasteiger partial charge in [-0.1, -0.05) is 140 Å². The fourth-order valence-corrected chi connectivity index (χ4v) is 8.63. The Morgan fingerprint density at radius 1 is 0.553 bits per heavy atom. The number of pyridine rings is 1. The number of nitrogens with two attached hydrogens (primary N) is 1. The van der Waals surface area contributed by atoms with Crippen LogP contribution < -0.4 is 5.73 Å². The normalized spacial score (nSPS) is 13.8. The van der Waals surface area contributed by atoms with Crippen molar-refractivity contribution in [3.8, 4) is 33.5 Å². The van der Waals surface area contributed by atoms with Crippen LogP contribution in [0.25, 0.3) is 72.0 Å². The summed E-state index contributed by atoms with van der Waals surface area (Å²) in [5.41, 5.74) is 21.5. The van der Waals surface area contributed by atoms with E-state index in [4.69, 9.17) is 10.7 Å². The summed E-state index contributed by atoms with van der Waals surface area (Å²) in [7, 11) is 0. The monoisotopic (exact) mass is 598 g/mol. The highest BCUT2D eigenvalue weighted by molar-refractivity contribution is 6.09. The first-order valence-electron chi connectivity index (χ1n) is 16.3. The molecule has 0 radical (unpaired) electrons. The van der Waals surface area contributed by atoms with Gasteiger partial charge in [0.1, 0.15) is 0 Å². The van der Waals surface area contributed by atoms with Crippen molar-refractivity contribution < 1.29 is 0 Å². The number of fused-ring (bicyclic) bond motifs is 15. The third-order valence-electron chi connectivity index (χ3n) is 10.5. The molecule has 7 aromatic carbocycles. The van der Waals surface area contributed by atoms with Crippen molar-refractivity contribution in [3.05, 3.63) is 173 Å². The number of rotatable bonds is 2. The minimum Gasteiger partial charge on any atom is -0.396 e. The SMILES string of the molecule is C/C=C\c1ccc2ccc(-c3ccc4c5c(ccc4c3)-c3ccc4ccccc4c3C53c4ccccc4-c4ccccc43)nc2c1N. The Hall–Kier alpha value is -5.99. The topological polar surface area (TPSA) is 38.9 Å². The van der Waals surface area contributed by atoms with Crippen molar-refractivity contribution in [3.63, 3.8) is 0 Å². The summed E-state index contributed by atoms with van der Waals surface area (Å²) in [5.74, 6) is 0. The zero-order valence-corrected chi connectivity index (χ0v) is 26.0. The summed E-state index contributed by atoms with van der Waals surface area (Å²) >= 11 is 0. The first kappa shape index (κ1) is 26.2. The molecule has 1 heterocycles.